The molecule has 2 unspecified atom stereocenters. The Morgan fingerprint density at radius 1 is 0.917 bits per heavy atom. The average Bonchev–Trinajstić information content (AvgIpc) is 3.80. The number of aryl methyl sites for hydroxylation is 1. The summed E-state index contributed by atoms with van der Waals surface area (Å²) in [6.45, 7) is 8.37. The SMILES string of the molecule is Cc1ccc(-n2nc(C(C)(C)C)cc2NC(=O)Nc2cccc(CC3CC4CCC(C3)N4C(=O)c3ccc(-c4cnco4)cc3)c2)cc1. The molecule has 0 spiro atoms. The number of piperidine rings is 1. The first-order chi connectivity index (χ1) is 23.1. The number of fused-ring (bicyclic) bond motifs is 2. The predicted octanol–water partition coefficient (Wildman–Crippen LogP) is 8.40. The number of nitrogens with one attached hydrogen (secondary N) is 2. The third-order valence-electron chi connectivity index (χ3n) is 9.62. The maximum absolute atomic E-state index is 13.6. The van der Waals surface area contributed by atoms with Crippen molar-refractivity contribution in [1.82, 2.24) is 19.7 Å². The summed E-state index contributed by atoms with van der Waals surface area (Å²) in [6, 6.07) is 25.9. The molecule has 3 amide bonds. The van der Waals surface area contributed by atoms with Gasteiger partial charge in [0, 0.05) is 40.4 Å². The Morgan fingerprint density at radius 2 is 1.65 bits per heavy atom. The van der Waals surface area contributed by atoms with Crippen molar-refractivity contribution in [2.75, 3.05) is 10.6 Å². The summed E-state index contributed by atoms with van der Waals surface area (Å²) in [7, 11) is 0. The fourth-order valence-electron chi connectivity index (χ4n) is 7.18. The lowest BCUT2D eigenvalue weighted by Crippen LogP contribution is -2.46. The van der Waals surface area contributed by atoms with E-state index >= 15 is 0 Å². The molecular weight excluding hydrogens is 600 g/mol. The monoisotopic (exact) mass is 642 g/mol. The fourth-order valence-corrected chi connectivity index (χ4v) is 7.18. The van der Waals surface area contributed by atoms with Crippen LogP contribution in [0.15, 0.2) is 95.9 Å². The number of carbonyl (C=O) groups excluding carboxylic acids is 2. The number of aromatic nitrogens is 3. The van der Waals surface area contributed by atoms with Gasteiger partial charge in [0.05, 0.1) is 17.6 Å². The average molecular weight is 643 g/mol. The van der Waals surface area contributed by atoms with Gasteiger partial charge in [0.25, 0.3) is 5.91 Å². The van der Waals surface area contributed by atoms with Crippen LogP contribution in [0.1, 0.15) is 73.6 Å². The second-order valence-electron chi connectivity index (χ2n) is 14.3. The molecule has 3 aromatic carbocycles. The summed E-state index contributed by atoms with van der Waals surface area (Å²) in [5, 5.41) is 10.9. The number of nitrogens with zero attached hydrogens (tertiary/aromatic N) is 4. The molecule has 5 aromatic rings. The highest BCUT2D eigenvalue weighted by molar-refractivity contribution is 5.99. The zero-order chi connectivity index (χ0) is 33.4. The van der Waals surface area contributed by atoms with E-state index in [4.69, 9.17) is 9.52 Å². The van der Waals surface area contributed by atoms with Crippen LogP contribution >= 0.6 is 0 Å². The van der Waals surface area contributed by atoms with E-state index in [9.17, 15) is 9.59 Å². The Bertz CT molecular complexity index is 1890. The van der Waals surface area contributed by atoms with E-state index < -0.39 is 0 Å². The Morgan fingerprint density at radius 3 is 2.31 bits per heavy atom. The lowest BCUT2D eigenvalue weighted by molar-refractivity contribution is 0.0524. The van der Waals surface area contributed by atoms with Gasteiger partial charge in [-0.25, -0.2) is 14.5 Å². The van der Waals surface area contributed by atoms with Crippen LogP contribution in [-0.2, 0) is 11.8 Å². The first-order valence-corrected chi connectivity index (χ1v) is 16.8. The molecule has 2 bridgehead atoms. The van der Waals surface area contributed by atoms with E-state index in [0.29, 0.717) is 23.1 Å². The largest absolute Gasteiger partial charge is 0.444 e. The van der Waals surface area contributed by atoms with E-state index in [0.717, 1.165) is 60.3 Å². The van der Waals surface area contributed by atoms with Crippen LogP contribution < -0.4 is 10.6 Å². The lowest BCUT2D eigenvalue weighted by atomic mass is 9.85. The molecule has 9 heteroatoms. The molecule has 246 valence electrons. The van der Waals surface area contributed by atoms with E-state index in [-0.39, 0.29) is 29.4 Å². The first-order valence-electron chi connectivity index (χ1n) is 16.8. The van der Waals surface area contributed by atoms with Crippen molar-refractivity contribution >= 4 is 23.4 Å². The standard InChI is InChI=1S/C39H42N6O3/c1-25-8-14-31(15-9-25)45-36(22-35(43-45)39(2,3)4)42-38(47)41-30-7-5-6-26(19-30)18-27-20-32-16-17-33(21-27)44(32)37(46)29-12-10-28(11-13-29)34-23-40-24-48-34/h5-15,19,22-24,27,32-33H,16-18,20-21H2,1-4H3,(H2,41,42,47). The van der Waals surface area contributed by atoms with Gasteiger partial charge in [-0.15, -0.1) is 0 Å². The second-order valence-corrected chi connectivity index (χ2v) is 14.3. The molecule has 2 aliphatic rings. The number of oxazole rings is 1. The van der Waals surface area contributed by atoms with Crippen LogP contribution in [0.3, 0.4) is 0 Å². The van der Waals surface area contributed by atoms with Crippen molar-refractivity contribution in [2.45, 2.75) is 77.3 Å². The van der Waals surface area contributed by atoms with Crippen molar-refractivity contribution < 1.29 is 14.0 Å². The Hall–Kier alpha value is -5.18. The normalized spacial score (nSPS) is 18.9. The number of carbonyl (C=O) groups is 2. The van der Waals surface area contributed by atoms with Gasteiger partial charge in [0.1, 0.15) is 5.82 Å². The van der Waals surface area contributed by atoms with Crippen LogP contribution in [0.2, 0.25) is 0 Å². The Balaban J connectivity index is 0.986. The van der Waals surface area contributed by atoms with E-state index in [2.05, 4.69) is 53.4 Å². The van der Waals surface area contributed by atoms with Crippen LogP contribution in [0.5, 0.6) is 0 Å². The number of anilines is 2. The summed E-state index contributed by atoms with van der Waals surface area (Å²) in [6.07, 6.45) is 8.04. The molecule has 2 N–H and O–H groups in total. The van der Waals surface area contributed by atoms with Gasteiger partial charge >= 0.3 is 6.03 Å². The molecule has 2 atom stereocenters. The molecule has 2 aromatic heterocycles. The van der Waals surface area contributed by atoms with Gasteiger partial charge in [-0.2, -0.15) is 5.10 Å². The maximum Gasteiger partial charge on any atom is 0.324 e. The lowest BCUT2D eigenvalue weighted by Gasteiger charge is -2.39. The minimum atomic E-state index is -0.320. The second kappa shape index (κ2) is 12.8. The van der Waals surface area contributed by atoms with Crippen molar-refractivity contribution in [3.63, 3.8) is 0 Å². The first kappa shape index (κ1) is 31.4. The van der Waals surface area contributed by atoms with E-state index in [1.54, 1.807) is 10.9 Å². The molecule has 9 nitrogen and oxygen atoms in total. The Kier molecular flexibility index (Phi) is 8.37. The highest BCUT2D eigenvalue weighted by Gasteiger charge is 2.43. The summed E-state index contributed by atoms with van der Waals surface area (Å²) < 4.78 is 7.18. The number of rotatable bonds is 7. The number of urea groups is 1. The highest BCUT2D eigenvalue weighted by atomic mass is 16.3. The van der Waals surface area contributed by atoms with Crippen molar-refractivity contribution in [2.24, 2.45) is 5.92 Å². The minimum absolute atomic E-state index is 0.112. The van der Waals surface area contributed by atoms with Crippen molar-refractivity contribution in [1.29, 1.82) is 0 Å². The van der Waals surface area contributed by atoms with Crippen LogP contribution in [-0.4, -0.2) is 43.7 Å². The summed E-state index contributed by atoms with van der Waals surface area (Å²) >= 11 is 0. The molecule has 2 saturated heterocycles. The molecular formula is C39H42N6O3. The van der Waals surface area contributed by atoms with Gasteiger partial charge in [-0.1, -0.05) is 62.7 Å². The smallest absolute Gasteiger partial charge is 0.324 e. The van der Waals surface area contributed by atoms with E-state index in [1.807, 2.05) is 73.7 Å². The van der Waals surface area contributed by atoms with Gasteiger partial charge in [-0.3, -0.25) is 10.1 Å². The van der Waals surface area contributed by atoms with Crippen LogP contribution in [0.25, 0.3) is 17.0 Å². The third-order valence-corrected chi connectivity index (χ3v) is 9.62. The molecule has 0 saturated carbocycles. The number of hydrogen-bond donors (Lipinski definition) is 2. The third kappa shape index (κ3) is 6.63. The highest BCUT2D eigenvalue weighted by Crippen LogP contribution is 2.41. The molecule has 48 heavy (non-hydrogen) atoms. The van der Waals surface area contributed by atoms with Gasteiger partial charge in [-0.05, 0) is 86.9 Å². The van der Waals surface area contributed by atoms with Gasteiger partial charge < -0.3 is 14.6 Å². The number of benzene rings is 3. The summed E-state index contributed by atoms with van der Waals surface area (Å²) in [5.41, 5.74) is 6.30. The fraction of sp³-hybridized carbons (Fsp3) is 0.333. The van der Waals surface area contributed by atoms with Crippen molar-refractivity contribution in [3.05, 3.63) is 114 Å². The summed E-state index contributed by atoms with van der Waals surface area (Å²) in [4.78, 5) is 33.0. The molecule has 2 fully saturated rings. The number of amides is 3. The molecule has 4 heterocycles. The predicted molar refractivity (Wildman–Crippen MR) is 187 cm³/mol. The van der Waals surface area contributed by atoms with Crippen molar-refractivity contribution in [3.8, 4) is 17.0 Å². The molecule has 7 rings (SSSR count). The maximum atomic E-state index is 13.6. The molecule has 0 radical (unpaired) electrons. The van der Waals surface area contributed by atoms with E-state index in [1.165, 1.54) is 12.0 Å². The van der Waals surface area contributed by atoms with Crippen LogP contribution in [0, 0.1) is 12.8 Å². The van der Waals surface area contributed by atoms with Crippen LogP contribution in [0.4, 0.5) is 16.3 Å². The summed E-state index contributed by atoms with van der Waals surface area (Å²) in [5.74, 6) is 1.89. The van der Waals surface area contributed by atoms with Gasteiger partial charge in [0.15, 0.2) is 12.2 Å². The molecule has 0 aliphatic carbocycles. The minimum Gasteiger partial charge on any atom is -0.444 e. The quantitative estimate of drug-likeness (QED) is 0.186. The van der Waals surface area contributed by atoms with Gasteiger partial charge in [0.2, 0.25) is 0 Å². The molecule has 2 aliphatic heterocycles. The zero-order valence-electron chi connectivity index (χ0n) is 27.9. The Labute approximate surface area is 281 Å². The zero-order valence-corrected chi connectivity index (χ0v) is 27.9. The topological polar surface area (TPSA) is 105 Å². The number of hydrogen-bond acceptors (Lipinski definition) is 5.